The fraction of sp³-hybridized carbons (Fsp3) is 0. The highest BCUT2D eigenvalue weighted by Crippen LogP contribution is 2.26. The molecule has 3 N–H and O–H groups in total. The van der Waals surface area contributed by atoms with Gasteiger partial charge < -0.3 is 9.97 Å². The summed E-state index contributed by atoms with van der Waals surface area (Å²) in [5.41, 5.74) is 2.95. The molecule has 0 spiro atoms. The number of nitrogens with zero attached hydrogens (tertiary/aromatic N) is 1. The van der Waals surface area contributed by atoms with Crippen LogP contribution in [-0.4, -0.2) is 23.4 Å². The Bertz CT molecular complexity index is 1130. The summed E-state index contributed by atoms with van der Waals surface area (Å²) in [4.78, 5) is 9.47. The molecule has 0 unspecified atom stereocenters. The van der Waals surface area contributed by atoms with Crippen LogP contribution < -0.4 is 4.72 Å². The van der Waals surface area contributed by atoms with Crippen molar-refractivity contribution in [2.24, 2.45) is 0 Å². The van der Waals surface area contributed by atoms with Gasteiger partial charge in [-0.3, -0.25) is 4.72 Å². The molecule has 2 aromatic carbocycles. The van der Waals surface area contributed by atoms with Crippen LogP contribution in [0.5, 0.6) is 0 Å². The maximum Gasteiger partial charge on any atom is 0.278 e. The van der Waals surface area contributed by atoms with Crippen LogP contribution in [0, 0.1) is 5.82 Å². The number of imidazole rings is 1. The van der Waals surface area contributed by atoms with E-state index < -0.39 is 10.0 Å². The van der Waals surface area contributed by atoms with E-state index in [9.17, 15) is 12.8 Å². The number of H-pyrrole nitrogens is 2. The summed E-state index contributed by atoms with van der Waals surface area (Å²) in [6.45, 7) is 0. The standard InChI is InChI=1S/C17H13FN4O2S/c18-13-3-6-15-12(7-13)8-16(21-15)11-1-4-14(5-2-11)22-25(23,24)17-9-19-10-20-17/h1-10,21-22H,(H,19,20). The summed E-state index contributed by atoms with van der Waals surface area (Å²) in [6.07, 6.45) is 2.54. The lowest BCUT2D eigenvalue weighted by Gasteiger charge is -2.06. The van der Waals surface area contributed by atoms with E-state index >= 15 is 0 Å². The molecule has 4 rings (SSSR count). The highest BCUT2D eigenvalue weighted by molar-refractivity contribution is 7.92. The first-order chi connectivity index (χ1) is 12.0. The minimum Gasteiger partial charge on any atom is -0.355 e. The third-order valence-electron chi connectivity index (χ3n) is 3.79. The highest BCUT2D eigenvalue weighted by atomic mass is 32.2. The van der Waals surface area contributed by atoms with Gasteiger partial charge in [-0.2, -0.15) is 8.42 Å². The van der Waals surface area contributed by atoms with Crippen LogP contribution in [0.2, 0.25) is 0 Å². The molecule has 0 fully saturated rings. The number of hydrogen-bond acceptors (Lipinski definition) is 3. The van der Waals surface area contributed by atoms with Crippen molar-refractivity contribution in [3.8, 4) is 11.3 Å². The molecule has 6 nitrogen and oxygen atoms in total. The number of fused-ring (bicyclic) bond motifs is 1. The van der Waals surface area contributed by atoms with Crippen molar-refractivity contribution in [3.63, 3.8) is 0 Å². The number of aromatic nitrogens is 3. The van der Waals surface area contributed by atoms with E-state index in [-0.39, 0.29) is 10.8 Å². The van der Waals surface area contributed by atoms with Crippen molar-refractivity contribution in [1.29, 1.82) is 0 Å². The summed E-state index contributed by atoms with van der Waals surface area (Å²) in [5.74, 6) is -0.290. The molecule has 126 valence electrons. The Hall–Kier alpha value is -3.13. The Morgan fingerprint density at radius 3 is 2.56 bits per heavy atom. The van der Waals surface area contributed by atoms with Gasteiger partial charge in [0.1, 0.15) is 5.82 Å². The van der Waals surface area contributed by atoms with Crippen molar-refractivity contribution in [3.05, 3.63) is 66.9 Å². The number of halogens is 1. The molecule has 2 heterocycles. The van der Waals surface area contributed by atoms with Gasteiger partial charge in [-0.25, -0.2) is 9.37 Å². The van der Waals surface area contributed by atoms with Gasteiger partial charge in [0.05, 0.1) is 12.5 Å². The molecule has 0 atom stereocenters. The highest BCUT2D eigenvalue weighted by Gasteiger charge is 2.15. The normalized spacial score (nSPS) is 11.7. The average Bonchev–Trinajstić information content (AvgIpc) is 3.24. The number of rotatable bonds is 4. The van der Waals surface area contributed by atoms with E-state index in [0.717, 1.165) is 22.2 Å². The van der Waals surface area contributed by atoms with Crippen LogP contribution in [0.15, 0.2) is 66.1 Å². The zero-order valence-electron chi connectivity index (χ0n) is 12.8. The topological polar surface area (TPSA) is 90.6 Å². The van der Waals surface area contributed by atoms with Crippen LogP contribution in [-0.2, 0) is 10.0 Å². The molecule has 2 aromatic heterocycles. The van der Waals surface area contributed by atoms with Gasteiger partial charge in [-0.15, -0.1) is 0 Å². The molecular formula is C17H13FN4O2S. The van der Waals surface area contributed by atoms with Gasteiger partial charge in [0.25, 0.3) is 10.0 Å². The van der Waals surface area contributed by atoms with Gasteiger partial charge in [-0.1, -0.05) is 12.1 Å². The van der Waals surface area contributed by atoms with E-state index in [1.807, 2.05) is 6.07 Å². The lowest BCUT2D eigenvalue weighted by atomic mass is 10.1. The maximum absolute atomic E-state index is 13.3. The fourth-order valence-electron chi connectivity index (χ4n) is 2.58. The number of hydrogen-bond donors (Lipinski definition) is 3. The first-order valence-corrected chi connectivity index (χ1v) is 8.89. The lowest BCUT2D eigenvalue weighted by molar-refractivity contribution is 0.598. The molecule has 0 aliphatic carbocycles. The summed E-state index contributed by atoms with van der Waals surface area (Å²) in [5, 5.41) is 0.772. The van der Waals surface area contributed by atoms with Crippen LogP contribution in [0.3, 0.4) is 0 Å². The Morgan fingerprint density at radius 1 is 1.04 bits per heavy atom. The molecule has 0 saturated heterocycles. The minimum absolute atomic E-state index is 0.00535. The van der Waals surface area contributed by atoms with Crippen molar-refractivity contribution in [2.45, 2.75) is 5.03 Å². The van der Waals surface area contributed by atoms with Crippen LogP contribution >= 0.6 is 0 Å². The molecular weight excluding hydrogens is 343 g/mol. The molecule has 8 heteroatoms. The zero-order chi connectivity index (χ0) is 17.4. The Labute approximate surface area is 142 Å². The predicted molar refractivity (Wildman–Crippen MR) is 93.1 cm³/mol. The van der Waals surface area contributed by atoms with Gasteiger partial charge in [0, 0.05) is 22.3 Å². The van der Waals surface area contributed by atoms with Crippen LogP contribution in [0.1, 0.15) is 0 Å². The monoisotopic (exact) mass is 356 g/mol. The number of nitrogens with one attached hydrogen (secondary N) is 3. The second-order valence-corrected chi connectivity index (χ2v) is 7.16. The molecule has 0 radical (unpaired) electrons. The van der Waals surface area contributed by atoms with Gasteiger partial charge in [-0.05, 0) is 42.0 Å². The van der Waals surface area contributed by atoms with Crippen LogP contribution in [0.4, 0.5) is 10.1 Å². The van der Waals surface area contributed by atoms with E-state index in [2.05, 4.69) is 19.7 Å². The third kappa shape index (κ3) is 2.99. The fourth-order valence-corrected chi connectivity index (χ4v) is 3.54. The number of sulfonamides is 1. The second-order valence-electron chi connectivity index (χ2n) is 5.51. The van der Waals surface area contributed by atoms with Crippen molar-refractivity contribution in [2.75, 3.05) is 4.72 Å². The smallest absolute Gasteiger partial charge is 0.278 e. The van der Waals surface area contributed by atoms with Gasteiger partial charge in [0.15, 0.2) is 5.03 Å². The van der Waals surface area contributed by atoms with E-state index in [4.69, 9.17) is 0 Å². The average molecular weight is 356 g/mol. The van der Waals surface area contributed by atoms with Crippen molar-refractivity contribution in [1.82, 2.24) is 15.0 Å². The number of aromatic amines is 2. The van der Waals surface area contributed by atoms with E-state index in [0.29, 0.717) is 5.69 Å². The van der Waals surface area contributed by atoms with Crippen molar-refractivity contribution >= 4 is 26.6 Å². The third-order valence-corrected chi connectivity index (χ3v) is 5.10. The maximum atomic E-state index is 13.3. The predicted octanol–water partition coefficient (Wildman–Crippen LogP) is 3.50. The summed E-state index contributed by atoms with van der Waals surface area (Å²) < 4.78 is 40.0. The molecule has 0 aliphatic rings. The van der Waals surface area contributed by atoms with E-state index in [1.165, 1.54) is 24.7 Å². The summed E-state index contributed by atoms with van der Waals surface area (Å²) in [7, 11) is -3.69. The van der Waals surface area contributed by atoms with E-state index in [1.54, 1.807) is 30.3 Å². The van der Waals surface area contributed by atoms with Gasteiger partial charge in [0.2, 0.25) is 0 Å². The summed E-state index contributed by atoms with van der Waals surface area (Å²) >= 11 is 0. The van der Waals surface area contributed by atoms with Crippen molar-refractivity contribution < 1.29 is 12.8 Å². The number of anilines is 1. The molecule has 0 aliphatic heterocycles. The number of benzene rings is 2. The first kappa shape index (κ1) is 15.4. The minimum atomic E-state index is -3.69. The van der Waals surface area contributed by atoms with Crippen LogP contribution in [0.25, 0.3) is 22.2 Å². The second kappa shape index (κ2) is 5.75. The molecule has 4 aromatic rings. The largest absolute Gasteiger partial charge is 0.355 e. The summed E-state index contributed by atoms with van der Waals surface area (Å²) in [6, 6.07) is 13.3. The molecule has 25 heavy (non-hydrogen) atoms. The lowest BCUT2D eigenvalue weighted by Crippen LogP contribution is -2.13. The molecule has 0 saturated carbocycles. The SMILES string of the molecule is O=S(=O)(Nc1ccc(-c2cc3cc(F)ccc3[nH]2)cc1)c1cnc[nH]1. The molecule has 0 bridgehead atoms. The molecule has 0 amide bonds. The van der Waals surface area contributed by atoms with Gasteiger partial charge >= 0.3 is 0 Å². The Balaban J connectivity index is 1.61. The first-order valence-electron chi connectivity index (χ1n) is 7.41. The quantitative estimate of drug-likeness (QED) is 0.523. The Morgan fingerprint density at radius 2 is 1.84 bits per heavy atom. The zero-order valence-corrected chi connectivity index (χ0v) is 13.6. The Kier molecular flexibility index (Phi) is 3.54.